The highest BCUT2D eigenvalue weighted by atomic mass is 32.2. The molecule has 1 amide bonds. The highest BCUT2D eigenvalue weighted by Gasteiger charge is 2.23. The molecule has 2 aromatic heterocycles. The van der Waals surface area contributed by atoms with Crippen molar-refractivity contribution in [2.45, 2.75) is 24.3 Å². The zero-order valence-corrected chi connectivity index (χ0v) is 19.3. The lowest BCUT2D eigenvalue weighted by atomic mass is 10.2. The number of halogens is 3. The lowest BCUT2D eigenvalue weighted by Gasteiger charge is -2.20. The minimum Gasteiger partial charge on any atom is -0.284 e. The first-order chi connectivity index (χ1) is 16.2. The second-order valence-corrected chi connectivity index (χ2v) is 10.6. The molecule has 0 fully saturated rings. The SMILES string of the molecule is O=C(CCCS(=O)(=O)c1ccc(F)cc1)N(Cc1ccncc1)c1nc2c(F)cc(F)cc2s1. The number of anilines is 1. The van der Waals surface area contributed by atoms with Gasteiger partial charge in [-0.25, -0.2) is 26.6 Å². The molecule has 0 spiro atoms. The van der Waals surface area contributed by atoms with E-state index in [2.05, 4.69) is 9.97 Å². The summed E-state index contributed by atoms with van der Waals surface area (Å²) >= 11 is 0.963. The molecule has 2 aromatic carbocycles. The van der Waals surface area contributed by atoms with Crippen molar-refractivity contribution in [1.82, 2.24) is 9.97 Å². The van der Waals surface area contributed by atoms with E-state index >= 15 is 0 Å². The molecule has 0 saturated heterocycles. The van der Waals surface area contributed by atoms with Crippen LogP contribution in [0.1, 0.15) is 18.4 Å². The summed E-state index contributed by atoms with van der Waals surface area (Å²) in [7, 11) is -3.70. The van der Waals surface area contributed by atoms with E-state index in [0.29, 0.717) is 0 Å². The van der Waals surface area contributed by atoms with Gasteiger partial charge in [0.05, 0.1) is 21.9 Å². The van der Waals surface area contributed by atoms with E-state index in [1.54, 1.807) is 24.5 Å². The van der Waals surface area contributed by atoms with Gasteiger partial charge in [-0.2, -0.15) is 0 Å². The predicted octanol–water partition coefficient (Wildman–Crippen LogP) is 4.90. The third kappa shape index (κ3) is 5.42. The Labute approximate surface area is 197 Å². The number of nitrogens with zero attached hydrogens (tertiary/aromatic N) is 3. The van der Waals surface area contributed by atoms with Crippen LogP contribution in [0, 0.1) is 17.5 Å². The van der Waals surface area contributed by atoms with Gasteiger partial charge in [0, 0.05) is 24.9 Å². The topological polar surface area (TPSA) is 80.2 Å². The van der Waals surface area contributed by atoms with E-state index in [1.807, 2.05) is 0 Å². The zero-order valence-electron chi connectivity index (χ0n) is 17.6. The van der Waals surface area contributed by atoms with Crippen LogP contribution >= 0.6 is 11.3 Å². The third-order valence-corrected chi connectivity index (χ3v) is 7.84. The van der Waals surface area contributed by atoms with E-state index < -0.39 is 33.2 Å². The fourth-order valence-electron chi connectivity index (χ4n) is 3.30. The van der Waals surface area contributed by atoms with Gasteiger partial charge < -0.3 is 0 Å². The summed E-state index contributed by atoms with van der Waals surface area (Å²) in [6.07, 6.45) is 3.00. The Morgan fingerprint density at radius 3 is 2.38 bits per heavy atom. The maximum absolute atomic E-state index is 14.2. The van der Waals surface area contributed by atoms with Crippen LogP contribution in [0.3, 0.4) is 0 Å². The average molecular weight is 506 g/mol. The maximum Gasteiger partial charge on any atom is 0.229 e. The highest BCUT2D eigenvalue weighted by molar-refractivity contribution is 7.91. The normalized spacial score (nSPS) is 11.6. The number of carbonyl (C=O) groups is 1. The van der Waals surface area contributed by atoms with Gasteiger partial charge in [0.25, 0.3) is 0 Å². The molecular formula is C23H18F3N3O3S2. The molecule has 0 radical (unpaired) electrons. The van der Waals surface area contributed by atoms with Crippen molar-refractivity contribution in [2.75, 3.05) is 10.7 Å². The zero-order chi connectivity index (χ0) is 24.3. The number of rotatable bonds is 8. The standard InChI is InChI=1S/C23H18F3N3O3S2/c24-16-3-5-18(6-4-16)34(31,32)11-1-2-21(30)29(14-15-7-9-27-10-8-15)23-28-22-19(26)12-17(25)13-20(22)33-23/h3-10,12-13H,1-2,11,14H2. The first-order valence-corrected chi connectivity index (χ1v) is 12.6. The summed E-state index contributed by atoms with van der Waals surface area (Å²) in [6, 6.07) is 9.74. The summed E-state index contributed by atoms with van der Waals surface area (Å²) in [4.78, 5) is 22.5. The summed E-state index contributed by atoms with van der Waals surface area (Å²) in [6.45, 7) is 0.0932. The molecule has 6 nitrogen and oxygen atoms in total. The molecule has 0 saturated carbocycles. The van der Waals surface area contributed by atoms with Crippen molar-refractivity contribution in [1.29, 1.82) is 0 Å². The summed E-state index contributed by atoms with van der Waals surface area (Å²) < 4.78 is 66.1. The van der Waals surface area contributed by atoms with Gasteiger partial charge in [-0.1, -0.05) is 11.3 Å². The van der Waals surface area contributed by atoms with Crippen molar-refractivity contribution >= 4 is 42.4 Å². The number of thiazole rings is 1. The summed E-state index contributed by atoms with van der Waals surface area (Å²) in [5, 5.41) is 0.169. The van der Waals surface area contributed by atoms with E-state index in [1.165, 1.54) is 17.0 Å². The summed E-state index contributed by atoms with van der Waals surface area (Å²) in [5.41, 5.74) is 0.681. The predicted molar refractivity (Wildman–Crippen MR) is 123 cm³/mol. The number of aromatic nitrogens is 2. The van der Waals surface area contributed by atoms with Crippen molar-refractivity contribution in [3.8, 4) is 0 Å². The molecule has 0 bridgehead atoms. The quantitative estimate of drug-likeness (QED) is 0.319. The molecule has 34 heavy (non-hydrogen) atoms. The van der Waals surface area contributed by atoms with E-state index in [4.69, 9.17) is 0 Å². The number of fused-ring (bicyclic) bond motifs is 1. The van der Waals surface area contributed by atoms with Crippen LogP contribution in [-0.4, -0.2) is 30.0 Å². The Morgan fingerprint density at radius 1 is 0.971 bits per heavy atom. The van der Waals surface area contributed by atoms with Gasteiger partial charge in [0.1, 0.15) is 17.2 Å². The van der Waals surface area contributed by atoms with Gasteiger partial charge in [-0.05, 0) is 54.4 Å². The van der Waals surface area contributed by atoms with Gasteiger partial charge in [-0.3, -0.25) is 14.7 Å². The first-order valence-electron chi connectivity index (χ1n) is 10.2. The van der Waals surface area contributed by atoms with Crippen LogP contribution in [0.2, 0.25) is 0 Å². The first kappa shape index (κ1) is 23.8. The fraction of sp³-hybridized carbons (Fsp3) is 0.174. The maximum atomic E-state index is 14.2. The number of amides is 1. The van der Waals surface area contributed by atoms with Crippen LogP contribution in [0.4, 0.5) is 18.3 Å². The highest BCUT2D eigenvalue weighted by Crippen LogP contribution is 2.32. The largest absolute Gasteiger partial charge is 0.284 e. The van der Waals surface area contributed by atoms with Crippen LogP contribution in [-0.2, 0) is 21.2 Å². The molecule has 11 heteroatoms. The molecule has 4 aromatic rings. The molecule has 0 N–H and O–H groups in total. The van der Waals surface area contributed by atoms with Crippen molar-refractivity contribution in [3.05, 3.63) is 83.9 Å². The Morgan fingerprint density at radius 2 is 1.68 bits per heavy atom. The monoisotopic (exact) mass is 505 g/mol. The van der Waals surface area contributed by atoms with Crippen LogP contribution in [0.25, 0.3) is 10.2 Å². The van der Waals surface area contributed by atoms with E-state index in [-0.39, 0.29) is 45.4 Å². The lowest BCUT2D eigenvalue weighted by molar-refractivity contribution is -0.118. The van der Waals surface area contributed by atoms with Crippen molar-refractivity contribution in [3.63, 3.8) is 0 Å². The molecule has 2 heterocycles. The minimum atomic E-state index is -3.70. The number of hydrogen-bond acceptors (Lipinski definition) is 6. The van der Waals surface area contributed by atoms with E-state index in [9.17, 15) is 26.4 Å². The van der Waals surface area contributed by atoms with Gasteiger partial charge >= 0.3 is 0 Å². The van der Waals surface area contributed by atoms with Gasteiger partial charge in [-0.15, -0.1) is 0 Å². The molecule has 0 atom stereocenters. The smallest absolute Gasteiger partial charge is 0.229 e. The molecule has 4 rings (SSSR count). The summed E-state index contributed by atoms with van der Waals surface area (Å²) in [5.74, 6) is -2.87. The van der Waals surface area contributed by atoms with Gasteiger partial charge in [0.2, 0.25) is 5.91 Å². The lowest BCUT2D eigenvalue weighted by Crippen LogP contribution is -2.30. The Hall–Kier alpha value is -3.31. The number of carbonyl (C=O) groups excluding carboxylic acids is 1. The minimum absolute atomic E-state index is 0.0132. The second kappa shape index (κ2) is 9.90. The van der Waals surface area contributed by atoms with Crippen LogP contribution in [0.5, 0.6) is 0 Å². The molecule has 0 unspecified atom stereocenters. The molecule has 0 aliphatic rings. The third-order valence-electron chi connectivity index (χ3n) is 5.00. The number of pyridine rings is 1. The Balaban J connectivity index is 1.55. The molecule has 0 aliphatic heterocycles. The second-order valence-electron chi connectivity index (χ2n) is 7.44. The Bertz CT molecular complexity index is 1430. The molecular weight excluding hydrogens is 487 g/mol. The van der Waals surface area contributed by atoms with Crippen molar-refractivity contribution in [2.24, 2.45) is 0 Å². The van der Waals surface area contributed by atoms with E-state index in [0.717, 1.165) is 41.2 Å². The number of benzene rings is 2. The average Bonchev–Trinajstić information content (AvgIpc) is 3.22. The molecule has 0 aliphatic carbocycles. The number of hydrogen-bond donors (Lipinski definition) is 0. The van der Waals surface area contributed by atoms with Crippen LogP contribution < -0.4 is 4.90 Å². The fourth-order valence-corrected chi connectivity index (χ4v) is 5.63. The molecule has 176 valence electrons. The van der Waals surface area contributed by atoms with Crippen molar-refractivity contribution < 1.29 is 26.4 Å². The Kier molecular flexibility index (Phi) is 6.94. The van der Waals surface area contributed by atoms with Crippen LogP contribution in [0.15, 0.2) is 65.8 Å². The number of sulfone groups is 1. The van der Waals surface area contributed by atoms with Gasteiger partial charge in [0.15, 0.2) is 20.8 Å².